The van der Waals surface area contributed by atoms with Gasteiger partial charge in [-0.15, -0.1) is 11.3 Å². The molecule has 3 rings (SSSR count). The van der Waals surface area contributed by atoms with Gasteiger partial charge in [0.2, 0.25) is 0 Å². The van der Waals surface area contributed by atoms with Gasteiger partial charge >= 0.3 is 0 Å². The van der Waals surface area contributed by atoms with E-state index in [1.165, 1.54) is 35.9 Å². The first-order valence-electron chi connectivity index (χ1n) is 7.32. The van der Waals surface area contributed by atoms with E-state index in [4.69, 9.17) is 0 Å². The Kier molecular flexibility index (Phi) is 4.36. The number of fused-ring (bicyclic) bond motifs is 1. The molecule has 118 valence electrons. The summed E-state index contributed by atoms with van der Waals surface area (Å²) in [6.07, 6.45) is 3.40. The van der Waals surface area contributed by atoms with E-state index in [1.807, 2.05) is 23.6 Å². The molecule has 0 amide bonds. The van der Waals surface area contributed by atoms with E-state index >= 15 is 0 Å². The molecule has 1 aliphatic carbocycles. The SMILES string of the molecule is CN(C)S(=O)(=O)N[C@@H](c1ccc2c(c1)CCC2)c1cccs1. The Morgan fingerprint density at radius 1 is 1.18 bits per heavy atom. The number of hydrogen-bond acceptors (Lipinski definition) is 3. The molecule has 1 aromatic carbocycles. The molecule has 0 radical (unpaired) electrons. The molecule has 22 heavy (non-hydrogen) atoms. The van der Waals surface area contributed by atoms with Crippen molar-refractivity contribution in [2.45, 2.75) is 25.3 Å². The number of thiophene rings is 1. The molecule has 2 aromatic rings. The molecule has 1 N–H and O–H groups in total. The molecule has 1 aliphatic rings. The Morgan fingerprint density at radius 3 is 2.64 bits per heavy atom. The first-order valence-corrected chi connectivity index (χ1v) is 9.64. The molecule has 0 spiro atoms. The lowest BCUT2D eigenvalue weighted by molar-refractivity contribution is 0.499. The Morgan fingerprint density at radius 2 is 1.95 bits per heavy atom. The normalized spacial score (nSPS) is 16.0. The van der Waals surface area contributed by atoms with E-state index in [-0.39, 0.29) is 6.04 Å². The number of rotatable bonds is 5. The van der Waals surface area contributed by atoms with Crippen molar-refractivity contribution in [3.05, 3.63) is 57.3 Å². The third-order valence-corrected chi connectivity index (χ3v) is 6.46. The van der Waals surface area contributed by atoms with E-state index in [1.54, 1.807) is 11.3 Å². The molecule has 0 saturated carbocycles. The van der Waals surface area contributed by atoms with Crippen LogP contribution in [0, 0.1) is 0 Å². The lowest BCUT2D eigenvalue weighted by Gasteiger charge is -2.21. The second kappa shape index (κ2) is 6.12. The summed E-state index contributed by atoms with van der Waals surface area (Å²) in [5.41, 5.74) is 3.75. The highest BCUT2D eigenvalue weighted by Gasteiger charge is 2.24. The molecule has 4 nitrogen and oxygen atoms in total. The van der Waals surface area contributed by atoms with E-state index < -0.39 is 10.2 Å². The summed E-state index contributed by atoms with van der Waals surface area (Å²) in [6.45, 7) is 0. The summed E-state index contributed by atoms with van der Waals surface area (Å²) in [4.78, 5) is 1.00. The fraction of sp³-hybridized carbons (Fsp3) is 0.375. The highest BCUT2D eigenvalue weighted by molar-refractivity contribution is 7.87. The molecule has 6 heteroatoms. The topological polar surface area (TPSA) is 49.4 Å². The molecule has 0 bridgehead atoms. The van der Waals surface area contributed by atoms with Crippen LogP contribution in [0.15, 0.2) is 35.7 Å². The lowest BCUT2D eigenvalue weighted by atomic mass is 10.0. The maximum Gasteiger partial charge on any atom is 0.279 e. The summed E-state index contributed by atoms with van der Waals surface area (Å²) < 4.78 is 28.5. The van der Waals surface area contributed by atoms with Gasteiger partial charge in [0.1, 0.15) is 0 Å². The van der Waals surface area contributed by atoms with Crippen molar-refractivity contribution in [1.29, 1.82) is 0 Å². The monoisotopic (exact) mass is 336 g/mol. The molecular formula is C16H20N2O2S2. The molecule has 0 saturated heterocycles. The van der Waals surface area contributed by atoms with E-state index in [0.717, 1.165) is 23.3 Å². The predicted octanol–water partition coefficient (Wildman–Crippen LogP) is 2.72. The third-order valence-electron chi connectivity index (χ3n) is 4.03. The fourth-order valence-electron chi connectivity index (χ4n) is 2.77. The van der Waals surface area contributed by atoms with Crippen LogP contribution in [-0.4, -0.2) is 26.8 Å². The minimum Gasteiger partial charge on any atom is -0.195 e. The number of hydrogen-bond donors (Lipinski definition) is 1. The Bertz CT molecular complexity index is 752. The van der Waals surface area contributed by atoms with Gasteiger partial charge in [0, 0.05) is 19.0 Å². The van der Waals surface area contributed by atoms with Gasteiger partial charge < -0.3 is 0 Å². The lowest BCUT2D eigenvalue weighted by Crippen LogP contribution is -2.38. The molecule has 1 aromatic heterocycles. The van der Waals surface area contributed by atoms with Crippen LogP contribution in [0.1, 0.15) is 34.0 Å². The largest absolute Gasteiger partial charge is 0.279 e. The highest BCUT2D eigenvalue weighted by Crippen LogP contribution is 2.31. The fourth-order valence-corrected chi connectivity index (χ4v) is 4.42. The first kappa shape index (κ1) is 15.7. The van der Waals surface area contributed by atoms with Crippen LogP contribution in [0.25, 0.3) is 0 Å². The van der Waals surface area contributed by atoms with Crippen LogP contribution >= 0.6 is 11.3 Å². The second-order valence-corrected chi connectivity index (χ2v) is 8.63. The Hall–Kier alpha value is -1.21. The first-order chi connectivity index (χ1) is 10.5. The second-order valence-electron chi connectivity index (χ2n) is 5.74. The number of nitrogens with one attached hydrogen (secondary N) is 1. The highest BCUT2D eigenvalue weighted by atomic mass is 32.2. The quantitative estimate of drug-likeness (QED) is 0.913. The standard InChI is InChI=1S/C16H20N2O2S2/c1-18(2)22(19,20)17-16(15-7-4-10-21-15)14-9-8-12-5-3-6-13(12)11-14/h4,7-11,16-17H,3,5-6H2,1-2H3/t16-/m0/s1. The Labute approximate surface area is 136 Å². The van der Waals surface area contributed by atoms with Gasteiger partial charge in [-0.2, -0.15) is 17.4 Å². The zero-order valence-corrected chi connectivity index (χ0v) is 14.4. The van der Waals surface area contributed by atoms with Gasteiger partial charge in [0.25, 0.3) is 10.2 Å². The maximum atomic E-state index is 12.3. The van der Waals surface area contributed by atoms with Crippen LogP contribution in [0.4, 0.5) is 0 Å². The summed E-state index contributed by atoms with van der Waals surface area (Å²) in [6, 6.07) is 9.93. The van der Waals surface area contributed by atoms with Crippen molar-refractivity contribution < 1.29 is 8.42 Å². The maximum absolute atomic E-state index is 12.3. The minimum atomic E-state index is -3.50. The molecule has 1 atom stereocenters. The van der Waals surface area contributed by atoms with Gasteiger partial charge in [-0.3, -0.25) is 0 Å². The number of benzene rings is 1. The smallest absolute Gasteiger partial charge is 0.195 e. The van der Waals surface area contributed by atoms with Crippen LogP contribution in [0.2, 0.25) is 0 Å². The van der Waals surface area contributed by atoms with Gasteiger partial charge in [-0.05, 0) is 47.4 Å². The van der Waals surface area contributed by atoms with Crippen molar-refractivity contribution in [2.24, 2.45) is 0 Å². The molecule has 0 unspecified atom stereocenters. The zero-order valence-electron chi connectivity index (χ0n) is 12.7. The van der Waals surface area contributed by atoms with Crippen molar-refractivity contribution in [2.75, 3.05) is 14.1 Å². The van der Waals surface area contributed by atoms with Crippen LogP contribution in [-0.2, 0) is 23.1 Å². The van der Waals surface area contributed by atoms with Crippen LogP contribution in [0.3, 0.4) is 0 Å². The van der Waals surface area contributed by atoms with E-state index in [2.05, 4.69) is 16.9 Å². The number of aryl methyl sites for hydroxylation is 2. The minimum absolute atomic E-state index is 0.335. The van der Waals surface area contributed by atoms with Crippen molar-refractivity contribution in [1.82, 2.24) is 9.03 Å². The molecule has 0 aliphatic heterocycles. The van der Waals surface area contributed by atoms with Crippen LogP contribution in [0.5, 0.6) is 0 Å². The zero-order chi connectivity index (χ0) is 15.7. The van der Waals surface area contributed by atoms with Gasteiger partial charge in [-0.25, -0.2) is 0 Å². The summed E-state index contributed by atoms with van der Waals surface area (Å²) >= 11 is 1.57. The van der Waals surface area contributed by atoms with Crippen LogP contribution < -0.4 is 4.72 Å². The van der Waals surface area contributed by atoms with Gasteiger partial charge in [0.05, 0.1) is 6.04 Å². The predicted molar refractivity (Wildman–Crippen MR) is 90.4 cm³/mol. The third kappa shape index (κ3) is 3.10. The van der Waals surface area contributed by atoms with E-state index in [0.29, 0.717) is 0 Å². The number of nitrogens with zero attached hydrogens (tertiary/aromatic N) is 1. The average Bonchev–Trinajstić information content (AvgIpc) is 3.15. The summed E-state index contributed by atoms with van der Waals surface area (Å²) in [5.74, 6) is 0. The van der Waals surface area contributed by atoms with E-state index in [9.17, 15) is 8.42 Å². The molecule has 0 fully saturated rings. The van der Waals surface area contributed by atoms with Crippen molar-refractivity contribution in [3.63, 3.8) is 0 Å². The van der Waals surface area contributed by atoms with Crippen molar-refractivity contribution in [3.8, 4) is 0 Å². The average molecular weight is 336 g/mol. The van der Waals surface area contributed by atoms with Gasteiger partial charge in [-0.1, -0.05) is 24.3 Å². The summed E-state index contributed by atoms with van der Waals surface area (Å²) in [7, 11) is -0.419. The molecular weight excluding hydrogens is 316 g/mol. The van der Waals surface area contributed by atoms with Gasteiger partial charge in [0.15, 0.2) is 0 Å². The van der Waals surface area contributed by atoms with Crippen molar-refractivity contribution >= 4 is 21.5 Å². The Balaban J connectivity index is 1.99. The summed E-state index contributed by atoms with van der Waals surface area (Å²) in [5, 5.41) is 1.97. The molecule has 1 heterocycles.